The molecule has 0 amide bonds. The SMILES string of the molecule is CCN(CC)c1nc(NN)nc(N2CCCCC2C)n1. The van der Waals surface area contributed by atoms with Gasteiger partial charge in [0.1, 0.15) is 0 Å². The van der Waals surface area contributed by atoms with Crippen LogP contribution >= 0.6 is 0 Å². The highest BCUT2D eigenvalue weighted by atomic mass is 15.4. The van der Waals surface area contributed by atoms with Gasteiger partial charge in [-0.1, -0.05) is 0 Å². The third-order valence-electron chi connectivity index (χ3n) is 3.85. The summed E-state index contributed by atoms with van der Waals surface area (Å²) in [5, 5.41) is 0. The Kier molecular flexibility index (Phi) is 4.94. The van der Waals surface area contributed by atoms with Crippen LogP contribution in [0.1, 0.15) is 40.0 Å². The summed E-state index contributed by atoms with van der Waals surface area (Å²) in [4.78, 5) is 17.8. The van der Waals surface area contributed by atoms with Crippen molar-refractivity contribution in [3.05, 3.63) is 0 Å². The highest BCUT2D eigenvalue weighted by Gasteiger charge is 2.22. The zero-order valence-electron chi connectivity index (χ0n) is 12.6. The van der Waals surface area contributed by atoms with Crippen LogP contribution in [0.5, 0.6) is 0 Å². The third-order valence-corrected chi connectivity index (χ3v) is 3.85. The van der Waals surface area contributed by atoms with Crippen molar-refractivity contribution in [1.29, 1.82) is 0 Å². The number of piperidine rings is 1. The van der Waals surface area contributed by atoms with Gasteiger partial charge >= 0.3 is 0 Å². The van der Waals surface area contributed by atoms with Crippen LogP contribution in [0.3, 0.4) is 0 Å². The number of hydrazine groups is 1. The molecule has 0 spiro atoms. The standard InChI is InChI=1S/C13H25N7/c1-4-19(5-2)12-15-11(18-14)16-13(17-12)20-9-7-6-8-10(20)3/h10H,4-9,14H2,1-3H3,(H,15,16,17,18). The second-order valence-electron chi connectivity index (χ2n) is 5.11. The second kappa shape index (κ2) is 6.69. The Morgan fingerprint density at radius 2 is 2.00 bits per heavy atom. The fourth-order valence-electron chi connectivity index (χ4n) is 2.59. The third kappa shape index (κ3) is 3.09. The molecule has 1 atom stereocenters. The molecule has 1 fully saturated rings. The maximum absolute atomic E-state index is 5.50. The van der Waals surface area contributed by atoms with Gasteiger partial charge in [0.25, 0.3) is 0 Å². The van der Waals surface area contributed by atoms with E-state index < -0.39 is 0 Å². The van der Waals surface area contributed by atoms with Crippen LogP contribution in [0.15, 0.2) is 0 Å². The number of rotatable bonds is 5. The Labute approximate surface area is 120 Å². The minimum atomic E-state index is 0.426. The normalized spacial score (nSPS) is 19.0. The van der Waals surface area contributed by atoms with E-state index in [9.17, 15) is 0 Å². The molecular formula is C13H25N7. The smallest absolute Gasteiger partial charge is 0.243 e. The van der Waals surface area contributed by atoms with Crippen LogP contribution in [0.25, 0.3) is 0 Å². The predicted molar refractivity (Wildman–Crippen MR) is 81.9 cm³/mol. The van der Waals surface area contributed by atoms with Gasteiger partial charge in [-0.15, -0.1) is 0 Å². The quantitative estimate of drug-likeness (QED) is 0.622. The van der Waals surface area contributed by atoms with E-state index in [2.05, 4.69) is 50.9 Å². The molecule has 1 aliphatic heterocycles. The number of aromatic nitrogens is 3. The lowest BCUT2D eigenvalue weighted by molar-refractivity contribution is 0.476. The van der Waals surface area contributed by atoms with Gasteiger partial charge in [-0.05, 0) is 40.0 Å². The van der Waals surface area contributed by atoms with Gasteiger partial charge in [0, 0.05) is 25.7 Å². The van der Waals surface area contributed by atoms with Crippen molar-refractivity contribution in [2.75, 3.05) is 34.9 Å². The zero-order valence-corrected chi connectivity index (χ0v) is 12.6. The lowest BCUT2D eigenvalue weighted by Gasteiger charge is -2.34. The lowest BCUT2D eigenvalue weighted by Crippen LogP contribution is -2.39. The molecule has 7 nitrogen and oxygen atoms in total. The van der Waals surface area contributed by atoms with Gasteiger partial charge in [-0.3, -0.25) is 5.43 Å². The molecule has 0 aliphatic carbocycles. The predicted octanol–water partition coefficient (Wildman–Crippen LogP) is 1.38. The van der Waals surface area contributed by atoms with Crippen molar-refractivity contribution >= 4 is 17.8 Å². The first kappa shape index (κ1) is 14.8. The van der Waals surface area contributed by atoms with Gasteiger partial charge in [-0.2, -0.15) is 15.0 Å². The Morgan fingerprint density at radius 1 is 1.25 bits per heavy atom. The summed E-state index contributed by atoms with van der Waals surface area (Å²) in [6.45, 7) is 9.11. The van der Waals surface area contributed by atoms with Crippen molar-refractivity contribution in [3.63, 3.8) is 0 Å². The molecule has 1 unspecified atom stereocenters. The molecule has 2 rings (SSSR count). The summed E-state index contributed by atoms with van der Waals surface area (Å²) < 4.78 is 0. The molecule has 20 heavy (non-hydrogen) atoms. The summed E-state index contributed by atoms with van der Waals surface area (Å²) in [5.74, 6) is 7.33. The van der Waals surface area contributed by atoms with E-state index in [0.717, 1.165) is 25.6 Å². The zero-order chi connectivity index (χ0) is 14.5. The maximum Gasteiger partial charge on any atom is 0.243 e. The van der Waals surface area contributed by atoms with Crippen molar-refractivity contribution in [2.45, 2.75) is 46.1 Å². The molecule has 0 bridgehead atoms. The minimum Gasteiger partial charge on any atom is -0.341 e. The van der Waals surface area contributed by atoms with Crippen LogP contribution in [-0.4, -0.2) is 40.6 Å². The number of hydrogen-bond acceptors (Lipinski definition) is 7. The molecule has 0 aromatic carbocycles. The Hall–Kier alpha value is -1.63. The van der Waals surface area contributed by atoms with Crippen LogP contribution in [0, 0.1) is 0 Å². The van der Waals surface area contributed by atoms with Crippen molar-refractivity contribution in [1.82, 2.24) is 15.0 Å². The van der Waals surface area contributed by atoms with Crippen LogP contribution < -0.4 is 21.1 Å². The van der Waals surface area contributed by atoms with Gasteiger partial charge in [-0.25, -0.2) is 5.84 Å². The van der Waals surface area contributed by atoms with Crippen molar-refractivity contribution < 1.29 is 0 Å². The Morgan fingerprint density at radius 3 is 2.60 bits per heavy atom. The molecule has 1 aromatic rings. The van der Waals surface area contributed by atoms with E-state index >= 15 is 0 Å². The van der Waals surface area contributed by atoms with E-state index in [-0.39, 0.29) is 0 Å². The van der Waals surface area contributed by atoms with Gasteiger partial charge in [0.2, 0.25) is 17.8 Å². The molecule has 112 valence electrons. The molecule has 1 aromatic heterocycles. The highest BCUT2D eigenvalue weighted by Crippen LogP contribution is 2.23. The van der Waals surface area contributed by atoms with Crippen LogP contribution in [0.4, 0.5) is 17.8 Å². The lowest BCUT2D eigenvalue weighted by atomic mass is 10.0. The maximum atomic E-state index is 5.50. The van der Waals surface area contributed by atoms with Crippen LogP contribution in [0.2, 0.25) is 0 Å². The van der Waals surface area contributed by atoms with E-state index in [0.29, 0.717) is 17.9 Å². The van der Waals surface area contributed by atoms with Gasteiger partial charge in [0.05, 0.1) is 0 Å². The molecule has 0 radical (unpaired) electrons. The van der Waals surface area contributed by atoms with E-state index in [1.165, 1.54) is 19.3 Å². The largest absolute Gasteiger partial charge is 0.341 e. The minimum absolute atomic E-state index is 0.426. The number of nitrogen functional groups attached to an aromatic ring is 1. The summed E-state index contributed by atoms with van der Waals surface area (Å²) in [6.07, 6.45) is 3.63. The van der Waals surface area contributed by atoms with Gasteiger partial charge in [0.15, 0.2) is 0 Å². The number of anilines is 3. The average molecular weight is 279 g/mol. The molecule has 1 aliphatic rings. The van der Waals surface area contributed by atoms with E-state index in [1.807, 2.05) is 0 Å². The first-order chi connectivity index (χ1) is 9.69. The molecule has 3 N–H and O–H groups in total. The molecular weight excluding hydrogens is 254 g/mol. The molecule has 2 heterocycles. The summed E-state index contributed by atoms with van der Waals surface area (Å²) in [7, 11) is 0. The topological polar surface area (TPSA) is 83.2 Å². The molecule has 1 saturated heterocycles. The summed E-state index contributed by atoms with van der Waals surface area (Å²) in [6, 6.07) is 0.460. The summed E-state index contributed by atoms with van der Waals surface area (Å²) in [5.41, 5.74) is 2.55. The fourth-order valence-corrected chi connectivity index (χ4v) is 2.59. The van der Waals surface area contributed by atoms with Crippen molar-refractivity contribution in [2.24, 2.45) is 5.84 Å². The molecule has 7 heteroatoms. The number of nitrogens with two attached hydrogens (primary N) is 1. The van der Waals surface area contributed by atoms with Gasteiger partial charge < -0.3 is 9.80 Å². The number of hydrogen-bond donors (Lipinski definition) is 2. The first-order valence-corrected chi connectivity index (χ1v) is 7.43. The first-order valence-electron chi connectivity index (χ1n) is 7.43. The number of nitrogens with one attached hydrogen (secondary N) is 1. The number of nitrogens with zero attached hydrogens (tertiary/aromatic N) is 5. The average Bonchev–Trinajstić information content (AvgIpc) is 2.48. The fraction of sp³-hybridized carbons (Fsp3) is 0.769. The monoisotopic (exact) mass is 279 g/mol. The van der Waals surface area contributed by atoms with E-state index in [1.54, 1.807) is 0 Å². The highest BCUT2D eigenvalue weighted by molar-refractivity contribution is 5.45. The Balaban J connectivity index is 2.34. The Bertz CT molecular complexity index is 433. The van der Waals surface area contributed by atoms with Crippen molar-refractivity contribution in [3.8, 4) is 0 Å². The van der Waals surface area contributed by atoms with Crippen LogP contribution in [-0.2, 0) is 0 Å². The van der Waals surface area contributed by atoms with E-state index in [4.69, 9.17) is 5.84 Å². The molecule has 0 saturated carbocycles. The summed E-state index contributed by atoms with van der Waals surface area (Å²) >= 11 is 0. The second-order valence-corrected chi connectivity index (χ2v) is 5.11.